The van der Waals surface area contributed by atoms with Crippen LogP contribution in [0.1, 0.15) is 43.6 Å². The van der Waals surface area contributed by atoms with Gasteiger partial charge < -0.3 is 10.1 Å². The van der Waals surface area contributed by atoms with Crippen molar-refractivity contribution in [1.82, 2.24) is 24.1 Å². The highest BCUT2D eigenvalue weighted by molar-refractivity contribution is 5.88. The van der Waals surface area contributed by atoms with E-state index < -0.39 is 0 Å². The summed E-state index contributed by atoms with van der Waals surface area (Å²) in [4.78, 5) is 8.56. The quantitative estimate of drug-likeness (QED) is 0.433. The summed E-state index contributed by atoms with van der Waals surface area (Å²) in [5.74, 6) is 0.424. The molecule has 0 bridgehead atoms. The summed E-state index contributed by atoms with van der Waals surface area (Å²) in [5, 5.41) is 15.2. The smallest absolute Gasteiger partial charge is 0.164 e. The Bertz CT molecular complexity index is 1450. The van der Waals surface area contributed by atoms with E-state index in [1.807, 2.05) is 68.0 Å². The Labute approximate surface area is 186 Å². The van der Waals surface area contributed by atoms with E-state index in [2.05, 4.69) is 39.5 Å². The van der Waals surface area contributed by atoms with Gasteiger partial charge in [-0.3, -0.25) is 0 Å². The molecule has 5 rings (SSSR count). The molecule has 1 unspecified atom stereocenters. The second-order valence-electron chi connectivity index (χ2n) is 7.26. The predicted octanol–water partition coefficient (Wildman–Crippen LogP) is 5.14. The maximum absolute atomic E-state index is 9.70. The molecule has 1 aromatic carbocycles. The van der Waals surface area contributed by atoms with Gasteiger partial charge in [0.15, 0.2) is 5.65 Å². The summed E-state index contributed by atoms with van der Waals surface area (Å²) < 4.78 is 4.00. The molecule has 0 amide bonds. The highest BCUT2D eigenvalue weighted by atomic mass is 15.3. The Hall–Kier alpha value is -4.18. The first kappa shape index (κ1) is 21.1. The first-order valence-electron chi connectivity index (χ1n) is 10.6. The van der Waals surface area contributed by atoms with Crippen molar-refractivity contribution in [2.45, 2.75) is 33.7 Å². The van der Waals surface area contributed by atoms with Crippen molar-refractivity contribution in [3.63, 3.8) is 0 Å². The minimum absolute atomic E-state index is 0.142. The minimum Gasteiger partial charge on any atom is -0.383 e. The fourth-order valence-electron chi connectivity index (χ4n) is 4.11. The van der Waals surface area contributed by atoms with Gasteiger partial charge in [-0.1, -0.05) is 38.1 Å². The van der Waals surface area contributed by atoms with E-state index in [0.717, 1.165) is 33.4 Å². The fourth-order valence-corrected chi connectivity index (χ4v) is 4.11. The van der Waals surface area contributed by atoms with E-state index in [-0.39, 0.29) is 6.04 Å². The Balaban J connectivity index is 0.00000119. The highest BCUT2D eigenvalue weighted by Gasteiger charge is 2.24. The highest BCUT2D eigenvalue weighted by Crippen LogP contribution is 2.36. The molecular formula is C25H25N7. The molecule has 5 aromatic rings. The number of rotatable bonds is 3. The van der Waals surface area contributed by atoms with E-state index in [9.17, 15) is 5.26 Å². The number of aryl methyl sites for hydroxylation is 1. The number of nitrogens with two attached hydrogens (primary N) is 1. The first-order chi connectivity index (χ1) is 15.6. The van der Waals surface area contributed by atoms with Crippen LogP contribution in [0.3, 0.4) is 0 Å². The van der Waals surface area contributed by atoms with Crippen LogP contribution in [-0.2, 0) is 0 Å². The van der Waals surface area contributed by atoms with E-state index in [1.165, 1.54) is 6.33 Å². The second kappa shape index (κ2) is 8.52. The summed E-state index contributed by atoms with van der Waals surface area (Å²) in [6.07, 6.45) is 3.48. The Kier molecular flexibility index (Phi) is 5.61. The van der Waals surface area contributed by atoms with Gasteiger partial charge in [0.1, 0.15) is 12.1 Å². The summed E-state index contributed by atoms with van der Waals surface area (Å²) in [5.41, 5.74) is 12.1. The van der Waals surface area contributed by atoms with Crippen molar-refractivity contribution in [1.29, 1.82) is 5.26 Å². The molecule has 0 spiro atoms. The molecule has 0 fully saturated rings. The number of anilines is 1. The molecule has 0 radical (unpaired) electrons. The third kappa shape index (κ3) is 3.26. The third-order valence-electron chi connectivity index (χ3n) is 5.52. The SMILES string of the molecule is CC.Cc1nn(C(C)c2cc3ccccn3c2-c2ccccc2C#N)c2ncnc(N)c12. The molecule has 4 aromatic heterocycles. The molecule has 7 heteroatoms. The maximum Gasteiger partial charge on any atom is 0.164 e. The van der Waals surface area contributed by atoms with Gasteiger partial charge in [0.05, 0.1) is 34.4 Å². The van der Waals surface area contributed by atoms with Crippen LogP contribution in [0, 0.1) is 18.3 Å². The lowest BCUT2D eigenvalue weighted by molar-refractivity contribution is 0.576. The minimum atomic E-state index is -0.142. The molecule has 0 aliphatic heterocycles. The molecule has 0 saturated carbocycles. The summed E-state index contributed by atoms with van der Waals surface area (Å²) in [6.45, 7) is 7.99. The zero-order valence-electron chi connectivity index (χ0n) is 18.6. The normalized spacial score (nSPS) is 11.7. The summed E-state index contributed by atoms with van der Waals surface area (Å²) >= 11 is 0. The number of nitrogen functional groups attached to an aromatic ring is 1. The van der Waals surface area contributed by atoms with Crippen LogP contribution >= 0.6 is 0 Å². The van der Waals surface area contributed by atoms with Crippen molar-refractivity contribution >= 4 is 22.4 Å². The first-order valence-corrected chi connectivity index (χ1v) is 10.6. The van der Waals surface area contributed by atoms with Gasteiger partial charge >= 0.3 is 0 Å². The van der Waals surface area contributed by atoms with Crippen LogP contribution in [-0.4, -0.2) is 24.1 Å². The molecule has 0 aliphatic carbocycles. The number of nitriles is 1. The van der Waals surface area contributed by atoms with Gasteiger partial charge in [0, 0.05) is 22.8 Å². The molecular weight excluding hydrogens is 398 g/mol. The van der Waals surface area contributed by atoms with Crippen LogP contribution in [0.5, 0.6) is 0 Å². The van der Waals surface area contributed by atoms with Crippen LogP contribution in [0.4, 0.5) is 5.82 Å². The van der Waals surface area contributed by atoms with E-state index >= 15 is 0 Å². The molecule has 160 valence electrons. The molecule has 7 nitrogen and oxygen atoms in total. The van der Waals surface area contributed by atoms with E-state index in [1.54, 1.807) is 0 Å². The number of nitrogens with zero attached hydrogens (tertiary/aromatic N) is 6. The number of pyridine rings is 1. The topological polar surface area (TPSA) is 97.8 Å². The lowest BCUT2D eigenvalue weighted by Gasteiger charge is -2.16. The van der Waals surface area contributed by atoms with Gasteiger partial charge in [0.2, 0.25) is 0 Å². The van der Waals surface area contributed by atoms with Gasteiger partial charge in [-0.15, -0.1) is 0 Å². The lowest BCUT2D eigenvalue weighted by atomic mass is 9.99. The van der Waals surface area contributed by atoms with Gasteiger partial charge in [0.25, 0.3) is 0 Å². The largest absolute Gasteiger partial charge is 0.383 e. The number of hydrogen-bond acceptors (Lipinski definition) is 5. The number of fused-ring (bicyclic) bond motifs is 2. The van der Waals surface area contributed by atoms with Gasteiger partial charge in [-0.2, -0.15) is 10.4 Å². The number of hydrogen-bond donors (Lipinski definition) is 1. The average molecular weight is 424 g/mol. The van der Waals surface area contributed by atoms with Crippen molar-refractivity contribution in [3.8, 4) is 17.3 Å². The number of benzene rings is 1. The van der Waals surface area contributed by atoms with E-state index in [0.29, 0.717) is 17.0 Å². The van der Waals surface area contributed by atoms with Gasteiger partial charge in [-0.05, 0) is 38.1 Å². The van der Waals surface area contributed by atoms with Crippen molar-refractivity contribution in [2.75, 3.05) is 5.73 Å². The van der Waals surface area contributed by atoms with Crippen molar-refractivity contribution < 1.29 is 0 Å². The van der Waals surface area contributed by atoms with Crippen molar-refractivity contribution in [2.24, 2.45) is 0 Å². The van der Waals surface area contributed by atoms with Crippen LogP contribution in [0.15, 0.2) is 61.1 Å². The van der Waals surface area contributed by atoms with Gasteiger partial charge in [-0.25, -0.2) is 14.6 Å². The summed E-state index contributed by atoms with van der Waals surface area (Å²) in [7, 11) is 0. The zero-order chi connectivity index (χ0) is 22.8. The zero-order valence-corrected chi connectivity index (χ0v) is 18.6. The van der Waals surface area contributed by atoms with Crippen LogP contribution in [0.25, 0.3) is 27.8 Å². The van der Waals surface area contributed by atoms with E-state index in [4.69, 9.17) is 10.8 Å². The Morgan fingerprint density at radius 1 is 1.06 bits per heavy atom. The average Bonchev–Trinajstić information content (AvgIpc) is 3.39. The third-order valence-corrected chi connectivity index (χ3v) is 5.52. The molecule has 2 N–H and O–H groups in total. The summed E-state index contributed by atoms with van der Waals surface area (Å²) in [6, 6.07) is 18.0. The molecule has 32 heavy (non-hydrogen) atoms. The molecule has 0 saturated heterocycles. The lowest BCUT2D eigenvalue weighted by Crippen LogP contribution is -2.10. The molecule has 4 heterocycles. The van der Waals surface area contributed by atoms with Crippen molar-refractivity contribution in [3.05, 3.63) is 77.9 Å². The predicted molar refractivity (Wildman–Crippen MR) is 127 cm³/mol. The maximum atomic E-state index is 9.70. The Morgan fingerprint density at radius 2 is 1.81 bits per heavy atom. The Morgan fingerprint density at radius 3 is 2.59 bits per heavy atom. The number of aromatic nitrogens is 5. The van der Waals surface area contributed by atoms with Crippen LogP contribution < -0.4 is 5.73 Å². The monoisotopic (exact) mass is 423 g/mol. The second-order valence-corrected chi connectivity index (χ2v) is 7.26. The molecule has 0 aliphatic rings. The van der Waals surface area contributed by atoms with Crippen LogP contribution in [0.2, 0.25) is 0 Å². The molecule has 1 atom stereocenters. The standard InChI is InChI=1S/C23H19N7.C2H6/c1-14-20-22(25)26-13-27-23(20)30(28-14)15(2)19-11-17-8-5-6-10-29(17)21(19)18-9-4-3-7-16(18)12-24;1-2/h3-11,13,15H,1-2H3,(H2,25,26,27);1-2H3. The fraction of sp³-hybridized carbons (Fsp3) is 0.200.